The second-order valence-electron chi connectivity index (χ2n) is 3.48. The molecule has 0 aliphatic carbocycles. The summed E-state index contributed by atoms with van der Waals surface area (Å²) in [5.74, 6) is -0.959. The molecule has 0 aliphatic rings. The molecule has 0 saturated carbocycles. The highest BCUT2D eigenvalue weighted by molar-refractivity contribution is 7.89. The predicted octanol–water partition coefficient (Wildman–Crippen LogP) is 1.68. The lowest BCUT2D eigenvalue weighted by atomic mass is 10.3. The number of hydrogen-bond donors (Lipinski definition) is 2. The Morgan fingerprint density at radius 3 is 2.89 bits per heavy atom. The number of nitrogens with one attached hydrogen (secondary N) is 2. The smallest absolute Gasteiger partial charge is 0.243 e. The number of hydrogen-bond acceptors (Lipinski definition) is 3. The maximum atomic E-state index is 13.6. The molecule has 18 heavy (non-hydrogen) atoms. The molecule has 0 aliphatic heterocycles. The molecule has 0 atom stereocenters. The molecular weight excluding hydrogens is 281 g/mol. The average molecular weight is 290 g/mol. The molecule has 0 amide bonds. The van der Waals surface area contributed by atoms with Gasteiger partial charge >= 0.3 is 0 Å². The van der Waals surface area contributed by atoms with Crippen molar-refractivity contribution in [2.75, 3.05) is 0 Å². The lowest BCUT2D eigenvalue weighted by molar-refractivity contribution is 0.557. The predicted molar refractivity (Wildman–Crippen MR) is 64.0 cm³/mol. The van der Waals surface area contributed by atoms with Gasteiger partial charge in [-0.2, -0.15) is 5.10 Å². The first-order valence-electron chi connectivity index (χ1n) is 4.92. The summed E-state index contributed by atoms with van der Waals surface area (Å²) in [7, 11) is -3.94. The average Bonchev–Trinajstić information content (AvgIpc) is 2.83. The van der Waals surface area contributed by atoms with E-state index in [1.165, 1.54) is 24.5 Å². The van der Waals surface area contributed by atoms with Gasteiger partial charge in [0.15, 0.2) is 5.82 Å². The van der Waals surface area contributed by atoms with E-state index in [1.807, 2.05) is 0 Å². The third-order valence-electron chi connectivity index (χ3n) is 2.23. The maximum Gasteiger partial charge on any atom is 0.243 e. The van der Waals surface area contributed by atoms with Gasteiger partial charge in [-0.3, -0.25) is 5.10 Å². The number of halogens is 2. The lowest BCUT2D eigenvalue weighted by Crippen LogP contribution is -2.24. The van der Waals surface area contributed by atoms with Crippen LogP contribution in [0.1, 0.15) is 5.56 Å². The molecule has 0 radical (unpaired) electrons. The number of aromatic amines is 1. The summed E-state index contributed by atoms with van der Waals surface area (Å²) >= 11 is 5.54. The van der Waals surface area contributed by atoms with E-state index in [4.69, 9.17) is 11.6 Å². The van der Waals surface area contributed by atoms with Crippen LogP contribution in [0.3, 0.4) is 0 Å². The molecule has 0 spiro atoms. The van der Waals surface area contributed by atoms with Crippen molar-refractivity contribution in [3.63, 3.8) is 0 Å². The first kappa shape index (κ1) is 13.0. The van der Waals surface area contributed by atoms with Crippen molar-refractivity contribution in [2.24, 2.45) is 0 Å². The van der Waals surface area contributed by atoms with Crippen LogP contribution in [-0.4, -0.2) is 18.6 Å². The van der Waals surface area contributed by atoms with Gasteiger partial charge in [0.1, 0.15) is 4.90 Å². The van der Waals surface area contributed by atoms with Gasteiger partial charge in [0, 0.05) is 18.3 Å². The largest absolute Gasteiger partial charge is 0.285 e. The zero-order valence-electron chi connectivity index (χ0n) is 9.02. The van der Waals surface area contributed by atoms with Crippen molar-refractivity contribution in [3.05, 3.63) is 47.0 Å². The molecular formula is C10H9ClFN3O2S. The van der Waals surface area contributed by atoms with E-state index >= 15 is 0 Å². The summed E-state index contributed by atoms with van der Waals surface area (Å²) in [6.07, 6.45) is 3.01. The summed E-state index contributed by atoms with van der Waals surface area (Å²) in [6.45, 7) is 0.0186. The van der Waals surface area contributed by atoms with Gasteiger partial charge < -0.3 is 0 Å². The Morgan fingerprint density at radius 2 is 2.22 bits per heavy atom. The van der Waals surface area contributed by atoms with E-state index in [1.54, 1.807) is 0 Å². The van der Waals surface area contributed by atoms with E-state index < -0.39 is 20.7 Å². The third kappa shape index (κ3) is 2.69. The van der Waals surface area contributed by atoms with Crippen LogP contribution in [0, 0.1) is 5.82 Å². The number of rotatable bonds is 4. The SMILES string of the molecule is O=S(=O)(NCc1cn[nH]c1)c1cccc(Cl)c1F. The first-order valence-corrected chi connectivity index (χ1v) is 6.78. The second-order valence-corrected chi connectivity index (χ2v) is 5.63. The molecule has 1 aromatic carbocycles. The Labute approximate surface area is 108 Å². The molecule has 8 heteroatoms. The molecule has 5 nitrogen and oxygen atoms in total. The maximum absolute atomic E-state index is 13.6. The molecule has 2 aromatic rings. The van der Waals surface area contributed by atoms with Crippen LogP contribution in [0.4, 0.5) is 4.39 Å². The Balaban J connectivity index is 2.23. The van der Waals surface area contributed by atoms with Crippen molar-refractivity contribution in [2.45, 2.75) is 11.4 Å². The second kappa shape index (κ2) is 5.05. The highest BCUT2D eigenvalue weighted by Crippen LogP contribution is 2.21. The van der Waals surface area contributed by atoms with Crippen LogP contribution in [-0.2, 0) is 16.6 Å². The van der Waals surface area contributed by atoms with Crippen molar-refractivity contribution < 1.29 is 12.8 Å². The van der Waals surface area contributed by atoms with E-state index in [2.05, 4.69) is 14.9 Å². The van der Waals surface area contributed by atoms with E-state index in [0.717, 1.165) is 6.07 Å². The van der Waals surface area contributed by atoms with Crippen LogP contribution in [0.2, 0.25) is 5.02 Å². The Morgan fingerprint density at radius 1 is 1.44 bits per heavy atom. The molecule has 0 saturated heterocycles. The number of nitrogens with zero attached hydrogens (tertiary/aromatic N) is 1. The summed E-state index contributed by atoms with van der Waals surface area (Å²) in [5, 5.41) is 5.98. The minimum absolute atomic E-state index is 0.0186. The monoisotopic (exact) mass is 289 g/mol. The van der Waals surface area contributed by atoms with E-state index in [-0.39, 0.29) is 11.6 Å². The van der Waals surface area contributed by atoms with Crippen molar-refractivity contribution in [1.29, 1.82) is 0 Å². The van der Waals surface area contributed by atoms with Gasteiger partial charge in [-0.05, 0) is 12.1 Å². The van der Waals surface area contributed by atoms with Gasteiger partial charge in [-0.1, -0.05) is 17.7 Å². The van der Waals surface area contributed by atoms with Crippen LogP contribution in [0.5, 0.6) is 0 Å². The lowest BCUT2D eigenvalue weighted by Gasteiger charge is -2.07. The molecule has 0 bridgehead atoms. The molecule has 1 heterocycles. The van der Waals surface area contributed by atoms with Gasteiger partial charge in [-0.25, -0.2) is 17.5 Å². The van der Waals surface area contributed by atoms with Gasteiger partial charge in [0.25, 0.3) is 0 Å². The molecule has 0 unspecified atom stereocenters. The summed E-state index contributed by atoms with van der Waals surface area (Å²) in [4.78, 5) is -0.474. The van der Waals surface area contributed by atoms with E-state index in [0.29, 0.717) is 5.56 Å². The zero-order chi connectivity index (χ0) is 13.2. The number of aromatic nitrogens is 2. The van der Waals surface area contributed by atoms with Crippen molar-refractivity contribution in [3.8, 4) is 0 Å². The summed E-state index contributed by atoms with van der Waals surface area (Å²) in [6, 6.07) is 3.81. The zero-order valence-corrected chi connectivity index (χ0v) is 10.6. The van der Waals surface area contributed by atoms with Crippen molar-refractivity contribution >= 4 is 21.6 Å². The number of benzene rings is 1. The van der Waals surface area contributed by atoms with Crippen molar-refractivity contribution in [1.82, 2.24) is 14.9 Å². The summed E-state index contributed by atoms with van der Waals surface area (Å²) in [5.41, 5.74) is 0.640. The summed E-state index contributed by atoms with van der Waals surface area (Å²) < 4.78 is 39.6. The van der Waals surface area contributed by atoms with Gasteiger partial charge in [0.2, 0.25) is 10.0 Å². The van der Waals surface area contributed by atoms with Crippen LogP contribution >= 0.6 is 11.6 Å². The number of sulfonamides is 1. The Hall–Kier alpha value is -1.44. The molecule has 2 N–H and O–H groups in total. The fraction of sp³-hybridized carbons (Fsp3) is 0.100. The fourth-order valence-electron chi connectivity index (χ4n) is 1.32. The Kier molecular flexibility index (Phi) is 3.65. The van der Waals surface area contributed by atoms with Crippen LogP contribution in [0.15, 0.2) is 35.5 Å². The molecule has 2 rings (SSSR count). The minimum atomic E-state index is -3.94. The quantitative estimate of drug-likeness (QED) is 0.899. The third-order valence-corrected chi connectivity index (χ3v) is 3.94. The van der Waals surface area contributed by atoms with Gasteiger partial charge in [-0.15, -0.1) is 0 Å². The topological polar surface area (TPSA) is 74.8 Å². The standard InChI is InChI=1S/C10H9ClFN3O2S/c11-8-2-1-3-9(10(8)12)18(16,17)15-6-7-4-13-14-5-7/h1-5,15H,6H2,(H,13,14). The van der Waals surface area contributed by atoms with Crippen LogP contribution in [0.25, 0.3) is 0 Å². The highest BCUT2D eigenvalue weighted by atomic mass is 35.5. The Bertz CT molecular complexity index is 643. The van der Waals surface area contributed by atoms with Crippen LogP contribution < -0.4 is 4.72 Å². The normalized spacial score (nSPS) is 11.7. The molecule has 1 aromatic heterocycles. The molecule has 96 valence electrons. The van der Waals surface area contributed by atoms with E-state index in [9.17, 15) is 12.8 Å². The molecule has 0 fully saturated rings. The van der Waals surface area contributed by atoms with Gasteiger partial charge in [0.05, 0.1) is 11.2 Å². The first-order chi connectivity index (χ1) is 8.50. The highest BCUT2D eigenvalue weighted by Gasteiger charge is 2.20. The fourth-order valence-corrected chi connectivity index (χ4v) is 2.67. The number of H-pyrrole nitrogens is 1. The minimum Gasteiger partial charge on any atom is -0.285 e.